The number of fused-ring (bicyclic) bond motifs is 1. The Bertz CT molecular complexity index is 423. The Morgan fingerprint density at radius 1 is 1.21 bits per heavy atom. The first kappa shape index (κ1) is 14.2. The Morgan fingerprint density at radius 3 is 2.63 bits per heavy atom. The largest absolute Gasteiger partial charge is 0.486 e. The molecule has 0 radical (unpaired) electrons. The van der Waals surface area contributed by atoms with E-state index in [1.165, 1.54) is 5.56 Å². The molecule has 1 aliphatic heterocycles. The molecule has 1 N–H and O–H groups in total. The summed E-state index contributed by atoms with van der Waals surface area (Å²) in [5.41, 5.74) is 1.34. The summed E-state index contributed by atoms with van der Waals surface area (Å²) in [6, 6.07) is 6.45. The zero-order valence-electron chi connectivity index (χ0n) is 12.5. The predicted octanol–water partition coefficient (Wildman–Crippen LogP) is 3.54. The lowest BCUT2D eigenvalue weighted by Crippen LogP contribution is -2.33. The molecular weight excluding hydrogens is 238 g/mol. The molecule has 1 unspecified atom stereocenters. The Morgan fingerprint density at radius 2 is 1.95 bits per heavy atom. The maximum absolute atomic E-state index is 5.85. The summed E-state index contributed by atoms with van der Waals surface area (Å²) in [4.78, 5) is 0. The van der Waals surface area contributed by atoms with Gasteiger partial charge in [-0.1, -0.05) is 39.8 Å². The SMILES string of the molecule is CCCNC(c1cccc2c1OCCO2)C(C)(C)C. The van der Waals surface area contributed by atoms with Crippen molar-refractivity contribution in [3.8, 4) is 11.5 Å². The molecule has 1 aliphatic rings. The van der Waals surface area contributed by atoms with E-state index >= 15 is 0 Å². The highest BCUT2D eigenvalue weighted by molar-refractivity contribution is 5.49. The van der Waals surface area contributed by atoms with E-state index in [-0.39, 0.29) is 11.5 Å². The lowest BCUT2D eigenvalue weighted by atomic mass is 9.81. The first-order valence-electron chi connectivity index (χ1n) is 7.16. The number of rotatable bonds is 4. The molecule has 0 fully saturated rings. The molecule has 2 rings (SSSR count). The molecule has 1 atom stereocenters. The van der Waals surface area contributed by atoms with Crippen molar-refractivity contribution in [1.82, 2.24) is 5.32 Å². The summed E-state index contributed by atoms with van der Waals surface area (Å²) in [5.74, 6) is 1.79. The standard InChI is InChI=1S/C16H25NO2/c1-5-9-17-15(16(2,3)4)12-7-6-8-13-14(12)19-11-10-18-13/h6-8,15,17H,5,9-11H2,1-4H3. The van der Waals surface area contributed by atoms with E-state index in [4.69, 9.17) is 9.47 Å². The summed E-state index contributed by atoms with van der Waals surface area (Å²) in [6.45, 7) is 11.2. The fourth-order valence-electron chi connectivity index (χ4n) is 2.49. The third kappa shape index (κ3) is 3.21. The maximum Gasteiger partial charge on any atom is 0.166 e. The minimum atomic E-state index is 0.130. The predicted molar refractivity (Wildman–Crippen MR) is 77.9 cm³/mol. The van der Waals surface area contributed by atoms with Crippen LogP contribution in [0.25, 0.3) is 0 Å². The molecule has 0 aliphatic carbocycles. The summed E-state index contributed by atoms with van der Waals surface area (Å²) >= 11 is 0. The molecule has 106 valence electrons. The topological polar surface area (TPSA) is 30.5 Å². The van der Waals surface area contributed by atoms with Crippen molar-refractivity contribution in [2.24, 2.45) is 5.41 Å². The smallest absolute Gasteiger partial charge is 0.166 e. The molecule has 3 nitrogen and oxygen atoms in total. The number of hydrogen-bond acceptors (Lipinski definition) is 3. The first-order chi connectivity index (χ1) is 9.04. The molecule has 3 heteroatoms. The molecule has 0 bridgehead atoms. The van der Waals surface area contributed by atoms with Gasteiger partial charge in [0.25, 0.3) is 0 Å². The van der Waals surface area contributed by atoms with Crippen LogP contribution in [0.5, 0.6) is 11.5 Å². The third-order valence-electron chi connectivity index (χ3n) is 3.37. The molecule has 1 heterocycles. The minimum Gasteiger partial charge on any atom is -0.486 e. The van der Waals surface area contributed by atoms with Crippen LogP contribution in [0.4, 0.5) is 0 Å². The van der Waals surface area contributed by atoms with Gasteiger partial charge >= 0.3 is 0 Å². The van der Waals surface area contributed by atoms with Crippen molar-refractivity contribution in [3.63, 3.8) is 0 Å². The van der Waals surface area contributed by atoms with Gasteiger partial charge in [0.05, 0.1) is 0 Å². The zero-order chi connectivity index (χ0) is 13.9. The van der Waals surface area contributed by atoms with Crippen LogP contribution in [-0.2, 0) is 0 Å². The van der Waals surface area contributed by atoms with Crippen LogP contribution < -0.4 is 14.8 Å². The molecule has 0 spiro atoms. The second-order valence-corrected chi connectivity index (χ2v) is 6.12. The summed E-state index contributed by atoms with van der Waals surface area (Å²) in [5, 5.41) is 3.64. The normalized spacial score (nSPS) is 16.2. The fraction of sp³-hybridized carbons (Fsp3) is 0.625. The molecule has 0 saturated heterocycles. The minimum absolute atomic E-state index is 0.130. The van der Waals surface area contributed by atoms with Crippen LogP contribution in [0.2, 0.25) is 0 Å². The highest BCUT2D eigenvalue weighted by atomic mass is 16.6. The second-order valence-electron chi connectivity index (χ2n) is 6.12. The molecule has 19 heavy (non-hydrogen) atoms. The Balaban J connectivity index is 2.36. The summed E-state index contributed by atoms with van der Waals surface area (Å²) in [6.07, 6.45) is 1.12. The molecule has 1 aromatic rings. The van der Waals surface area contributed by atoms with Gasteiger partial charge in [0.1, 0.15) is 13.2 Å². The van der Waals surface area contributed by atoms with Gasteiger partial charge in [0.15, 0.2) is 11.5 Å². The van der Waals surface area contributed by atoms with E-state index in [1.54, 1.807) is 0 Å². The number of para-hydroxylation sites is 1. The van der Waals surface area contributed by atoms with Crippen molar-refractivity contribution in [2.45, 2.75) is 40.2 Å². The van der Waals surface area contributed by atoms with Gasteiger partial charge in [0.2, 0.25) is 0 Å². The van der Waals surface area contributed by atoms with Crippen LogP contribution in [-0.4, -0.2) is 19.8 Å². The van der Waals surface area contributed by atoms with Gasteiger partial charge in [-0.3, -0.25) is 0 Å². The van der Waals surface area contributed by atoms with Crippen LogP contribution in [0.3, 0.4) is 0 Å². The van der Waals surface area contributed by atoms with Gasteiger partial charge in [-0.25, -0.2) is 0 Å². The van der Waals surface area contributed by atoms with E-state index in [9.17, 15) is 0 Å². The Labute approximate surface area is 116 Å². The van der Waals surface area contributed by atoms with E-state index in [0.717, 1.165) is 24.5 Å². The summed E-state index contributed by atoms with van der Waals surface area (Å²) in [7, 11) is 0. The van der Waals surface area contributed by atoms with Crippen LogP contribution in [0.15, 0.2) is 18.2 Å². The van der Waals surface area contributed by atoms with Gasteiger partial charge in [0, 0.05) is 11.6 Å². The highest BCUT2D eigenvalue weighted by Crippen LogP contribution is 2.42. The number of nitrogens with one attached hydrogen (secondary N) is 1. The van der Waals surface area contributed by atoms with Crippen LogP contribution in [0.1, 0.15) is 45.7 Å². The van der Waals surface area contributed by atoms with Gasteiger partial charge in [-0.15, -0.1) is 0 Å². The number of benzene rings is 1. The van der Waals surface area contributed by atoms with Crippen molar-refractivity contribution in [3.05, 3.63) is 23.8 Å². The average molecular weight is 263 g/mol. The van der Waals surface area contributed by atoms with Gasteiger partial charge < -0.3 is 14.8 Å². The second kappa shape index (κ2) is 5.83. The zero-order valence-corrected chi connectivity index (χ0v) is 12.5. The van der Waals surface area contributed by atoms with Crippen molar-refractivity contribution < 1.29 is 9.47 Å². The van der Waals surface area contributed by atoms with E-state index in [1.807, 2.05) is 6.07 Å². The van der Waals surface area contributed by atoms with Crippen molar-refractivity contribution >= 4 is 0 Å². The average Bonchev–Trinajstić information content (AvgIpc) is 2.38. The Hall–Kier alpha value is -1.22. The van der Waals surface area contributed by atoms with Crippen LogP contribution in [0, 0.1) is 5.41 Å². The third-order valence-corrected chi connectivity index (χ3v) is 3.37. The monoisotopic (exact) mass is 263 g/mol. The number of hydrogen-bond donors (Lipinski definition) is 1. The molecule has 0 amide bonds. The number of ether oxygens (including phenoxy) is 2. The lowest BCUT2D eigenvalue weighted by Gasteiger charge is -2.34. The molecule has 0 saturated carbocycles. The van der Waals surface area contributed by atoms with E-state index in [0.29, 0.717) is 13.2 Å². The fourth-order valence-corrected chi connectivity index (χ4v) is 2.49. The lowest BCUT2D eigenvalue weighted by molar-refractivity contribution is 0.164. The molecular formula is C16H25NO2. The molecule has 1 aromatic carbocycles. The van der Waals surface area contributed by atoms with Gasteiger partial charge in [-0.05, 0) is 24.4 Å². The quantitative estimate of drug-likeness (QED) is 0.901. The first-order valence-corrected chi connectivity index (χ1v) is 7.16. The van der Waals surface area contributed by atoms with Crippen molar-refractivity contribution in [1.29, 1.82) is 0 Å². The van der Waals surface area contributed by atoms with Crippen molar-refractivity contribution in [2.75, 3.05) is 19.8 Å². The maximum atomic E-state index is 5.85. The highest BCUT2D eigenvalue weighted by Gasteiger charge is 2.30. The van der Waals surface area contributed by atoms with E-state index in [2.05, 4.69) is 45.1 Å². The Kier molecular flexibility index (Phi) is 4.35. The van der Waals surface area contributed by atoms with E-state index < -0.39 is 0 Å². The summed E-state index contributed by atoms with van der Waals surface area (Å²) < 4.78 is 11.5. The van der Waals surface area contributed by atoms with Gasteiger partial charge in [-0.2, -0.15) is 0 Å². The van der Waals surface area contributed by atoms with Crippen LogP contribution >= 0.6 is 0 Å². The molecule has 0 aromatic heterocycles.